The number of oxazole rings is 1. The first-order chi connectivity index (χ1) is 10.2. The summed E-state index contributed by atoms with van der Waals surface area (Å²) in [5, 5.41) is 2.65. The number of carbonyl (C=O) groups is 1. The molecular weight excluding hydrogens is 271 g/mol. The number of nitrogens with zero attached hydrogens (tertiary/aromatic N) is 1. The molecule has 104 valence electrons. The van der Waals surface area contributed by atoms with Gasteiger partial charge in [-0.25, -0.2) is 9.37 Å². The highest BCUT2D eigenvalue weighted by Gasteiger charge is 2.18. The van der Waals surface area contributed by atoms with Crippen LogP contribution in [0.25, 0.3) is 11.3 Å². The molecule has 2 aromatic carbocycles. The zero-order valence-electron chi connectivity index (χ0n) is 10.9. The number of halogens is 1. The quantitative estimate of drug-likeness (QED) is 0.796. The van der Waals surface area contributed by atoms with E-state index < -0.39 is 5.91 Å². The summed E-state index contributed by atoms with van der Waals surface area (Å²) in [5.41, 5.74) is 1.44. The molecule has 21 heavy (non-hydrogen) atoms. The normalized spacial score (nSPS) is 10.3. The van der Waals surface area contributed by atoms with Gasteiger partial charge in [0.15, 0.2) is 17.8 Å². The first kappa shape index (κ1) is 13.1. The summed E-state index contributed by atoms with van der Waals surface area (Å²) in [6.07, 6.45) is 1.22. The van der Waals surface area contributed by atoms with Crippen LogP contribution >= 0.6 is 0 Å². The third kappa shape index (κ3) is 2.81. The van der Waals surface area contributed by atoms with Crippen molar-refractivity contribution in [3.05, 3.63) is 72.5 Å². The van der Waals surface area contributed by atoms with Gasteiger partial charge in [0.1, 0.15) is 5.82 Å². The fraction of sp³-hybridized carbons (Fsp3) is 0. The number of aromatic nitrogens is 1. The molecule has 0 saturated carbocycles. The Morgan fingerprint density at radius 1 is 1.05 bits per heavy atom. The lowest BCUT2D eigenvalue weighted by molar-refractivity contribution is 0.102. The fourth-order valence-corrected chi connectivity index (χ4v) is 1.93. The minimum atomic E-state index is -0.408. The number of hydrogen-bond acceptors (Lipinski definition) is 3. The molecule has 0 spiro atoms. The summed E-state index contributed by atoms with van der Waals surface area (Å²) in [7, 11) is 0. The Morgan fingerprint density at radius 3 is 2.48 bits per heavy atom. The third-order valence-electron chi connectivity index (χ3n) is 2.92. The van der Waals surface area contributed by atoms with Crippen molar-refractivity contribution in [1.82, 2.24) is 4.98 Å². The fourth-order valence-electron chi connectivity index (χ4n) is 1.93. The highest BCUT2D eigenvalue weighted by atomic mass is 19.1. The summed E-state index contributed by atoms with van der Waals surface area (Å²) in [6.45, 7) is 0. The zero-order chi connectivity index (χ0) is 14.7. The van der Waals surface area contributed by atoms with Crippen LogP contribution in [0.4, 0.5) is 10.1 Å². The van der Waals surface area contributed by atoms with E-state index in [1.54, 1.807) is 0 Å². The van der Waals surface area contributed by atoms with Gasteiger partial charge in [-0.2, -0.15) is 0 Å². The van der Waals surface area contributed by atoms with Gasteiger partial charge >= 0.3 is 0 Å². The van der Waals surface area contributed by atoms with Crippen LogP contribution in [0.1, 0.15) is 10.5 Å². The molecule has 1 amide bonds. The van der Waals surface area contributed by atoms with Crippen molar-refractivity contribution in [2.75, 3.05) is 5.32 Å². The average molecular weight is 282 g/mol. The SMILES string of the molecule is O=C(Nc1ccc(F)cc1)c1ncoc1-c1ccccc1. The van der Waals surface area contributed by atoms with Crippen LogP contribution in [0.15, 0.2) is 65.4 Å². The number of nitrogens with one attached hydrogen (secondary N) is 1. The van der Waals surface area contributed by atoms with E-state index in [0.717, 1.165) is 5.56 Å². The summed E-state index contributed by atoms with van der Waals surface area (Å²) in [5.74, 6) is -0.371. The molecule has 0 saturated heterocycles. The van der Waals surface area contributed by atoms with Gasteiger partial charge in [0, 0.05) is 11.3 Å². The van der Waals surface area contributed by atoms with E-state index in [-0.39, 0.29) is 11.5 Å². The van der Waals surface area contributed by atoms with E-state index in [4.69, 9.17) is 4.42 Å². The zero-order valence-corrected chi connectivity index (χ0v) is 10.9. The van der Waals surface area contributed by atoms with Gasteiger partial charge in [-0.1, -0.05) is 30.3 Å². The van der Waals surface area contributed by atoms with Crippen molar-refractivity contribution in [3.63, 3.8) is 0 Å². The Balaban J connectivity index is 1.86. The third-order valence-corrected chi connectivity index (χ3v) is 2.92. The van der Waals surface area contributed by atoms with Crippen LogP contribution in [0.2, 0.25) is 0 Å². The Kier molecular flexibility index (Phi) is 3.47. The number of anilines is 1. The van der Waals surface area contributed by atoms with Crippen molar-refractivity contribution in [1.29, 1.82) is 0 Å². The Labute approximate surface area is 120 Å². The van der Waals surface area contributed by atoms with E-state index in [9.17, 15) is 9.18 Å². The van der Waals surface area contributed by atoms with Crippen LogP contribution in [-0.4, -0.2) is 10.9 Å². The first-order valence-corrected chi connectivity index (χ1v) is 6.30. The Bertz CT molecular complexity index is 751. The standard InChI is InChI=1S/C16H11FN2O2/c17-12-6-8-13(9-7-12)19-16(20)14-15(21-10-18-14)11-4-2-1-3-5-11/h1-10H,(H,19,20). The molecule has 5 heteroatoms. The first-order valence-electron chi connectivity index (χ1n) is 6.30. The van der Waals surface area contributed by atoms with Crippen molar-refractivity contribution in [2.24, 2.45) is 0 Å². The number of carbonyl (C=O) groups excluding carboxylic acids is 1. The van der Waals surface area contributed by atoms with Gasteiger partial charge in [-0.15, -0.1) is 0 Å². The second kappa shape index (κ2) is 5.58. The molecule has 0 aliphatic carbocycles. The molecular formula is C16H11FN2O2. The van der Waals surface area contributed by atoms with Crippen LogP contribution in [-0.2, 0) is 0 Å². The molecule has 3 rings (SSSR count). The monoisotopic (exact) mass is 282 g/mol. The second-order valence-electron chi connectivity index (χ2n) is 4.36. The molecule has 0 radical (unpaired) electrons. The van der Waals surface area contributed by atoms with E-state index in [2.05, 4.69) is 10.3 Å². The highest BCUT2D eigenvalue weighted by molar-refractivity contribution is 6.06. The molecule has 1 heterocycles. The van der Waals surface area contributed by atoms with Gasteiger partial charge < -0.3 is 9.73 Å². The largest absolute Gasteiger partial charge is 0.443 e. The number of hydrogen-bond donors (Lipinski definition) is 1. The van der Waals surface area contributed by atoms with E-state index >= 15 is 0 Å². The maximum absolute atomic E-state index is 12.8. The summed E-state index contributed by atoms with van der Waals surface area (Å²) >= 11 is 0. The van der Waals surface area contributed by atoms with Crippen LogP contribution < -0.4 is 5.32 Å². The van der Waals surface area contributed by atoms with Crippen LogP contribution in [0.5, 0.6) is 0 Å². The van der Waals surface area contributed by atoms with Gasteiger partial charge in [-0.05, 0) is 24.3 Å². The lowest BCUT2D eigenvalue weighted by Gasteiger charge is -2.04. The van der Waals surface area contributed by atoms with Crippen molar-refractivity contribution in [2.45, 2.75) is 0 Å². The molecule has 4 nitrogen and oxygen atoms in total. The number of benzene rings is 2. The second-order valence-corrected chi connectivity index (χ2v) is 4.36. The lowest BCUT2D eigenvalue weighted by Crippen LogP contribution is -2.13. The molecule has 0 bridgehead atoms. The number of rotatable bonds is 3. The molecule has 3 aromatic rings. The lowest BCUT2D eigenvalue weighted by atomic mass is 10.1. The molecule has 0 fully saturated rings. The molecule has 0 aliphatic heterocycles. The topological polar surface area (TPSA) is 55.1 Å². The minimum Gasteiger partial charge on any atom is -0.443 e. The van der Waals surface area contributed by atoms with E-state index in [1.165, 1.54) is 30.7 Å². The van der Waals surface area contributed by atoms with Crippen molar-refractivity contribution >= 4 is 11.6 Å². The average Bonchev–Trinajstić information content (AvgIpc) is 3.00. The van der Waals surface area contributed by atoms with Crippen LogP contribution in [0, 0.1) is 5.82 Å². The van der Waals surface area contributed by atoms with E-state index in [1.807, 2.05) is 30.3 Å². The smallest absolute Gasteiger partial charge is 0.278 e. The summed E-state index contributed by atoms with van der Waals surface area (Å²) in [6, 6.07) is 14.7. The molecule has 1 aromatic heterocycles. The Hall–Kier alpha value is -2.95. The van der Waals surface area contributed by atoms with Gasteiger partial charge in [-0.3, -0.25) is 4.79 Å². The summed E-state index contributed by atoms with van der Waals surface area (Å²) in [4.78, 5) is 16.2. The van der Waals surface area contributed by atoms with E-state index in [0.29, 0.717) is 11.4 Å². The van der Waals surface area contributed by atoms with Gasteiger partial charge in [0.2, 0.25) is 0 Å². The van der Waals surface area contributed by atoms with Crippen LogP contribution in [0.3, 0.4) is 0 Å². The maximum atomic E-state index is 12.8. The molecule has 1 N–H and O–H groups in total. The van der Waals surface area contributed by atoms with Crippen molar-refractivity contribution in [3.8, 4) is 11.3 Å². The number of amides is 1. The molecule has 0 aliphatic rings. The predicted molar refractivity (Wildman–Crippen MR) is 76.3 cm³/mol. The highest BCUT2D eigenvalue weighted by Crippen LogP contribution is 2.23. The predicted octanol–water partition coefficient (Wildman–Crippen LogP) is 3.73. The van der Waals surface area contributed by atoms with Crippen molar-refractivity contribution < 1.29 is 13.6 Å². The molecule has 0 unspecified atom stereocenters. The van der Waals surface area contributed by atoms with Gasteiger partial charge in [0.05, 0.1) is 0 Å². The Morgan fingerprint density at radius 2 is 1.76 bits per heavy atom. The minimum absolute atomic E-state index is 0.186. The maximum Gasteiger partial charge on any atom is 0.278 e. The summed E-state index contributed by atoms with van der Waals surface area (Å²) < 4.78 is 18.1. The van der Waals surface area contributed by atoms with Gasteiger partial charge in [0.25, 0.3) is 5.91 Å². The molecule has 0 atom stereocenters.